The summed E-state index contributed by atoms with van der Waals surface area (Å²) < 4.78 is -0.320. The largest absolute Gasteiger partial charge is 0.224 e. The maximum Gasteiger partial charge on any atom is 0.224 e. The first-order valence-electron chi connectivity index (χ1n) is 17.4. The Kier molecular flexibility index (Phi) is 9.57. The van der Waals surface area contributed by atoms with Crippen LogP contribution in [0, 0.1) is 83.1 Å². The van der Waals surface area contributed by atoms with Gasteiger partial charge in [0.2, 0.25) is 13.4 Å². The number of rotatable bonds is 7. The van der Waals surface area contributed by atoms with Gasteiger partial charge in [0, 0.05) is 9.42 Å². The Balaban J connectivity index is 1.82. The number of thiophene rings is 1. The highest BCUT2D eigenvalue weighted by molar-refractivity contribution is 8.05. The lowest BCUT2D eigenvalue weighted by Gasteiger charge is -2.44. The molecule has 0 radical (unpaired) electrons. The Bertz CT molecular complexity index is 1720. The van der Waals surface area contributed by atoms with Gasteiger partial charge in [-0.1, -0.05) is 155 Å². The first-order chi connectivity index (χ1) is 22.7. The van der Waals surface area contributed by atoms with E-state index in [-0.39, 0.29) is 23.2 Å². The van der Waals surface area contributed by atoms with Gasteiger partial charge < -0.3 is 0 Å². The highest BCUT2D eigenvalue weighted by Crippen LogP contribution is 2.51. The maximum absolute atomic E-state index is 2.67. The quantitative estimate of drug-likeness (QED) is 0.124. The molecule has 5 aromatic rings. The molecule has 1 unspecified atom stereocenters. The number of hydrogen-bond donors (Lipinski definition) is 0. The fourth-order valence-electron chi connectivity index (χ4n) is 9.41. The summed E-state index contributed by atoms with van der Waals surface area (Å²) in [6.07, 6.45) is 5.22. The maximum atomic E-state index is 2.67. The van der Waals surface area contributed by atoms with E-state index in [1.807, 2.05) is 11.3 Å². The van der Waals surface area contributed by atoms with Gasteiger partial charge in [0.05, 0.1) is 5.25 Å². The Labute approximate surface area is 299 Å². The smallest absolute Gasteiger partial charge is 0.152 e. The van der Waals surface area contributed by atoms with Crippen molar-refractivity contribution in [3.63, 3.8) is 0 Å². The number of thioether (sulfide) groups is 1. The van der Waals surface area contributed by atoms with Crippen molar-refractivity contribution >= 4 is 58.4 Å². The van der Waals surface area contributed by atoms with Crippen molar-refractivity contribution in [1.82, 2.24) is 0 Å². The third-order valence-corrected chi connectivity index (χ3v) is 13.5. The molecule has 0 saturated carbocycles. The van der Waals surface area contributed by atoms with E-state index in [0.717, 1.165) is 0 Å². The summed E-state index contributed by atoms with van der Waals surface area (Å²) in [5.74, 6) is 0. The second-order valence-electron chi connectivity index (χ2n) is 14.9. The molecule has 4 heteroatoms. The van der Waals surface area contributed by atoms with Gasteiger partial charge in [0.15, 0.2) is 0 Å². The lowest BCUT2D eigenvalue weighted by molar-refractivity contribution is 1.29. The van der Waals surface area contributed by atoms with Gasteiger partial charge in [0.25, 0.3) is 0 Å². The third kappa shape index (κ3) is 6.09. The minimum atomic E-state index is -0.320. The molecule has 0 N–H and O–H groups in total. The average molecular weight is 665 g/mol. The zero-order valence-electron chi connectivity index (χ0n) is 31.1. The first-order valence-corrected chi connectivity index (χ1v) is 19.2. The summed E-state index contributed by atoms with van der Waals surface area (Å²) in [7, 11) is 0. The minimum Gasteiger partial charge on any atom is -0.152 e. The van der Waals surface area contributed by atoms with Gasteiger partial charge in [-0.15, -0.1) is 11.3 Å². The SMILES string of the molecule is Cc1cc(C)c(B(c2c(C)cc(C)cc2C)C2(B(c3c(C)cc(C)cc3C)c3c(C)cc(C)cc3C)C=CC(c3cccs3)S2)c(C)c1. The Morgan fingerprint density at radius 2 is 0.792 bits per heavy atom. The summed E-state index contributed by atoms with van der Waals surface area (Å²) in [6, 6.07) is 23.9. The summed E-state index contributed by atoms with van der Waals surface area (Å²) in [6.45, 7) is 28.1. The van der Waals surface area contributed by atoms with E-state index in [9.17, 15) is 0 Å². The second-order valence-corrected chi connectivity index (χ2v) is 17.3. The molecular formula is C44H50B2S2. The van der Waals surface area contributed by atoms with Crippen molar-refractivity contribution in [2.24, 2.45) is 0 Å². The predicted molar refractivity (Wildman–Crippen MR) is 219 cm³/mol. The lowest BCUT2D eigenvalue weighted by Crippen LogP contribution is -2.73. The topological polar surface area (TPSA) is 0 Å². The molecule has 1 atom stereocenters. The van der Waals surface area contributed by atoms with E-state index in [1.165, 1.54) is 93.5 Å². The molecular weight excluding hydrogens is 614 g/mol. The zero-order valence-corrected chi connectivity index (χ0v) is 32.7. The van der Waals surface area contributed by atoms with E-state index in [2.05, 4.69) is 173 Å². The predicted octanol–water partition coefficient (Wildman–Crippen LogP) is 9.23. The van der Waals surface area contributed by atoms with Crippen molar-refractivity contribution in [2.45, 2.75) is 92.9 Å². The molecule has 244 valence electrons. The molecule has 0 spiro atoms. The van der Waals surface area contributed by atoms with Gasteiger partial charge in [-0.2, -0.15) is 11.8 Å². The molecule has 0 bridgehead atoms. The summed E-state index contributed by atoms with van der Waals surface area (Å²) in [5, 5.41) is 2.52. The molecule has 0 saturated heterocycles. The average Bonchev–Trinajstić information content (AvgIpc) is 3.65. The normalized spacial score (nSPS) is 15.3. The fourth-order valence-corrected chi connectivity index (χ4v) is 12.1. The Hall–Kier alpha value is -3.20. The zero-order chi connectivity index (χ0) is 34.7. The van der Waals surface area contributed by atoms with E-state index < -0.39 is 0 Å². The van der Waals surface area contributed by atoms with Gasteiger partial charge in [0.1, 0.15) is 0 Å². The lowest BCUT2D eigenvalue weighted by atomic mass is 9.13. The van der Waals surface area contributed by atoms with E-state index in [1.54, 1.807) is 0 Å². The van der Waals surface area contributed by atoms with Crippen LogP contribution in [0.3, 0.4) is 0 Å². The van der Waals surface area contributed by atoms with E-state index in [0.29, 0.717) is 0 Å². The van der Waals surface area contributed by atoms with Crippen molar-refractivity contribution in [2.75, 3.05) is 0 Å². The number of hydrogen-bond acceptors (Lipinski definition) is 2. The van der Waals surface area contributed by atoms with Gasteiger partial charge in [-0.3, -0.25) is 0 Å². The summed E-state index contributed by atoms with van der Waals surface area (Å²) in [5.41, 5.74) is 22.3. The van der Waals surface area contributed by atoms with Crippen LogP contribution in [0.4, 0.5) is 0 Å². The van der Waals surface area contributed by atoms with Crippen molar-refractivity contribution in [3.8, 4) is 0 Å². The van der Waals surface area contributed by atoms with Crippen molar-refractivity contribution in [1.29, 1.82) is 0 Å². The molecule has 2 heterocycles. The molecule has 1 aromatic heterocycles. The van der Waals surface area contributed by atoms with Gasteiger partial charge in [-0.25, -0.2) is 0 Å². The van der Waals surface area contributed by atoms with Crippen molar-refractivity contribution < 1.29 is 0 Å². The molecule has 0 fully saturated rings. The molecule has 6 rings (SSSR count). The molecule has 1 aliphatic heterocycles. The van der Waals surface area contributed by atoms with E-state index >= 15 is 0 Å². The highest BCUT2D eigenvalue weighted by atomic mass is 32.2. The number of aryl methyl sites for hydroxylation is 12. The van der Waals surface area contributed by atoms with E-state index in [4.69, 9.17) is 0 Å². The summed E-state index contributed by atoms with van der Waals surface area (Å²) >= 11 is 4.09. The van der Waals surface area contributed by atoms with Crippen LogP contribution in [0.5, 0.6) is 0 Å². The molecule has 48 heavy (non-hydrogen) atoms. The van der Waals surface area contributed by atoms with Crippen LogP contribution in [0.2, 0.25) is 0 Å². The monoisotopic (exact) mass is 664 g/mol. The van der Waals surface area contributed by atoms with Crippen LogP contribution in [0.15, 0.2) is 78.2 Å². The minimum absolute atomic E-state index is 0.120. The van der Waals surface area contributed by atoms with Gasteiger partial charge >= 0.3 is 0 Å². The third-order valence-electron chi connectivity index (χ3n) is 10.7. The first kappa shape index (κ1) is 34.7. The van der Waals surface area contributed by atoms with Crippen LogP contribution < -0.4 is 21.9 Å². The van der Waals surface area contributed by atoms with Gasteiger partial charge in [-0.05, 0) is 94.5 Å². The fraction of sp³-hybridized carbons (Fsp3) is 0.318. The molecule has 4 aromatic carbocycles. The van der Waals surface area contributed by atoms with Crippen LogP contribution in [0.1, 0.15) is 76.9 Å². The molecule has 0 aliphatic carbocycles. The standard InChI is InChI=1S/C44H50B2S2/c1-26-18-30(5)40(31(6)19-26)45(41-32(7)20-27(2)21-33(41)8)44(16-15-39(48-44)38-14-13-17-47-38)46(42-34(9)22-28(3)23-35(42)10)43-36(11)24-29(4)25-37(43)12/h13-25,39H,1-12H3. The second kappa shape index (κ2) is 13.3. The Morgan fingerprint density at radius 1 is 0.479 bits per heavy atom. The number of benzene rings is 4. The van der Waals surface area contributed by atoms with Crippen LogP contribution >= 0.6 is 23.1 Å². The van der Waals surface area contributed by atoms with Crippen LogP contribution in [0.25, 0.3) is 0 Å². The summed E-state index contributed by atoms with van der Waals surface area (Å²) in [4.78, 5) is 1.43. The Morgan fingerprint density at radius 3 is 1.06 bits per heavy atom. The van der Waals surface area contributed by atoms with Crippen molar-refractivity contribution in [3.05, 3.63) is 150 Å². The molecule has 0 nitrogen and oxygen atoms in total. The molecule has 1 aliphatic rings. The highest BCUT2D eigenvalue weighted by Gasteiger charge is 2.57. The molecule has 0 amide bonds. The van der Waals surface area contributed by atoms with Crippen LogP contribution in [-0.4, -0.2) is 18.0 Å². The van der Waals surface area contributed by atoms with Crippen LogP contribution in [-0.2, 0) is 0 Å².